The Morgan fingerprint density at radius 1 is 1.28 bits per heavy atom. The maximum absolute atomic E-state index is 10.8. The van der Waals surface area contributed by atoms with Crippen LogP contribution in [0.25, 0.3) is 0 Å². The summed E-state index contributed by atoms with van der Waals surface area (Å²) in [6.45, 7) is 2.12. The summed E-state index contributed by atoms with van der Waals surface area (Å²) >= 11 is 0. The first-order valence-electron chi connectivity index (χ1n) is 6.90. The molecule has 0 spiro atoms. The minimum atomic E-state index is 0.255. The molecule has 1 unspecified atom stereocenters. The third-order valence-electron chi connectivity index (χ3n) is 3.95. The van der Waals surface area contributed by atoms with Gasteiger partial charge in [-0.05, 0) is 48.8 Å². The zero-order valence-corrected chi connectivity index (χ0v) is 11.4. The number of aryl methyl sites for hydroxylation is 1. The zero-order valence-electron chi connectivity index (χ0n) is 11.4. The van der Waals surface area contributed by atoms with Gasteiger partial charge in [0, 0.05) is 12.0 Å². The minimum absolute atomic E-state index is 0.255. The van der Waals surface area contributed by atoms with Crippen molar-refractivity contribution in [1.29, 1.82) is 0 Å². The predicted octanol–water partition coefficient (Wildman–Crippen LogP) is 3.66. The molecule has 0 fully saturated rings. The Kier molecular flexibility index (Phi) is 4.40. The van der Waals surface area contributed by atoms with Crippen LogP contribution in [0.1, 0.15) is 55.2 Å². The van der Waals surface area contributed by atoms with Gasteiger partial charge in [-0.1, -0.05) is 19.4 Å². The summed E-state index contributed by atoms with van der Waals surface area (Å²) in [7, 11) is 1.72. The van der Waals surface area contributed by atoms with Crippen molar-refractivity contribution in [3.63, 3.8) is 0 Å². The van der Waals surface area contributed by atoms with E-state index < -0.39 is 0 Å². The molecular formula is C16H22O2. The SMILES string of the molecule is COc1ccc2c(c1C(C)CC=O)CCCCC2. The van der Waals surface area contributed by atoms with Crippen LogP contribution in [-0.2, 0) is 17.6 Å². The number of carbonyl (C=O) groups excluding carboxylic acids is 1. The number of methoxy groups -OCH3 is 1. The summed E-state index contributed by atoms with van der Waals surface area (Å²) < 4.78 is 5.50. The summed E-state index contributed by atoms with van der Waals surface area (Å²) in [6, 6.07) is 4.28. The van der Waals surface area contributed by atoms with Crippen molar-refractivity contribution >= 4 is 6.29 Å². The Hall–Kier alpha value is -1.31. The number of benzene rings is 1. The summed E-state index contributed by atoms with van der Waals surface area (Å²) in [5, 5.41) is 0. The number of hydrogen-bond donors (Lipinski definition) is 0. The normalized spacial score (nSPS) is 16.6. The molecule has 1 aromatic rings. The Bertz CT molecular complexity index is 423. The van der Waals surface area contributed by atoms with Gasteiger partial charge >= 0.3 is 0 Å². The topological polar surface area (TPSA) is 26.3 Å². The second-order valence-corrected chi connectivity index (χ2v) is 5.18. The van der Waals surface area contributed by atoms with Crippen LogP contribution in [-0.4, -0.2) is 13.4 Å². The molecule has 0 heterocycles. The van der Waals surface area contributed by atoms with Crippen LogP contribution >= 0.6 is 0 Å². The minimum Gasteiger partial charge on any atom is -0.496 e. The van der Waals surface area contributed by atoms with E-state index in [9.17, 15) is 4.79 Å². The van der Waals surface area contributed by atoms with Gasteiger partial charge in [0.15, 0.2) is 0 Å². The van der Waals surface area contributed by atoms with Crippen LogP contribution in [0, 0.1) is 0 Å². The van der Waals surface area contributed by atoms with Gasteiger partial charge in [0.1, 0.15) is 12.0 Å². The van der Waals surface area contributed by atoms with Gasteiger partial charge in [0.25, 0.3) is 0 Å². The fraction of sp³-hybridized carbons (Fsp3) is 0.562. The van der Waals surface area contributed by atoms with E-state index in [-0.39, 0.29) is 5.92 Å². The number of carbonyl (C=O) groups is 1. The van der Waals surface area contributed by atoms with Crippen LogP contribution in [0.3, 0.4) is 0 Å². The van der Waals surface area contributed by atoms with Crippen molar-refractivity contribution in [2.75, 3.05) is 7.11 Å². The molecule has 2 nitrogen and oxygen atoms in total. The number of fused-ring (bicyclic) bond motifs is 1. The molecule has 1 aliphatic carbocycles. The quantitative estimate of drug-likeness (QED) is 0.598. The third-order valence-corrected chi connectivity index (χ3v) is 3.95. The van der Waals surface area contributed by atoms with Crippen LogP contribution in [0.5, 0.6) is 5.75 Å². The summed E-state index contributed by atoms with van der Waals surface area (Å²) in [6.07, 6.45) is 7.72. The Morgan fingerprint density at radius 3 is 2.78 bits per heavy atom. The van der Waals surface area contributed by atoms with E-state index in [1.165, 1.54) is 42.4 Å². The lowest BCUT2D eigenvalue weighted by Gasteiger charge is -2.20. The fourth-order valence-corrected chi connectivity index (χ4v) is 2.99. The molecule has 0 aliphatic heterocycles. The first kappa shape index (κ1) is 13.1. The van der Waals surface area contributed by atoms with E-state index in [2.05, 4.69) is 19.1 Å². The standard InChI is InChI=1S/C16H22O2/c1-12(10-11-17)16-14-7-5-3-4-6-13(14)8-9-15(16)18-2/h8-9,11-12H,3-7,10H2,1-2H3. The molecule has 0 saturated carbocycles. The van der Waals surface area contributed by atoms with Gasteiger partial charge in [-0.3, -0.25) is 0 Å². The summed E-state index contributed by atoms with van der Waals surface area (Å²) in [4.78, 5) is 10.8. The fourth-order valence-electron chi connectivity index (χ4n) is 2.99. The number of hydrogen-bond acceptors (Lipinski definition) is 2. The Balaban J connectivity index is 2.48. The molecule has 0 radical (unpaired) electrons. The number of ether oxygens (including phenoxy) is 1. The molecule has 2 heteroatoms. The molecule has 0 bridgehead atoms. The maximum Gasteiger partial charge on any atom is 0.122 e. The smallest absolute Gasteiger partial charge is 0.122 e. The lowest BCUT2D eigenvalue weighted by atomic mass is 9.87. The predicted molar refractivity (Wildman–Crippen MR) is 73.3 cm³/mol. The van der Waals surface area contributed by atoms with Crippen molar-refractivity contribution in [1.82, 2.24) is 0 Å². The first-order valence-corrected chi connectivity index (χ1v) is 6.90. The van der Waals surface area contributed by atoms with Crippen LogP contribution < -0.4 is 4.74 Å². The van der Waals surface area contributed by atoms with E-state index in [4.69, 9.17) is 4.74 Å². The van der Waals surface area contributed by atoms with Gasteiger partial charge in [0.05, 0.1) is 7.11 Å². The molecule has 1 aliphatic rings. The van der Waals surface area contributed by atoms with Crippen LogP contribution in [0.2, 0.25) is 0 Å². The number of aldehydes is 1. The molecule has 98 valence electrons. The molecule has 1 aromatic carbocycles. The van der Waals surface area contributed by atoms with E-state index in [1.54, 1.807) is 7.11 Å². The second-order valence-electron chi connectivity index (χ2n) is 5.18. The molecule has 18 heavy (non-hydrogen) atoms. The van der Waals surface area contributed by atoms with Gasteiger partial charge < -0.3 is 9.53 Å². The van der Waals surface area contributed by atoms with Crippen LogP contribution in [0.4, 0.5) is 0 Å². The van der Waals surface area contributed by atoms with Crippen molar-refractivity contribution < 1.29 is 9.53 Å². The van der Waals surface area contributed by atoms with Gasteiger partial charge in [-0.15, -0.1) is 0 Å². The van der Waals surface area contributed by atoms with Crippen molar-refractivity contribution in [2.24, 2.45) is 0 Å². The highest BCUT2D eigenvalue weighted by Crippen LogP contribution is 2.36. The second kappa shape index (κ2) is 6.03. The highest BCUT2D eigenvalue weighted by Gasteiger charge is 2.20. The Labute approximate surface area is 109 Å². The first-order chi connectivity index (χ1) is 8.77. The van der Waals surface area contributed by atoms with E-state index in [1.807, 2.05) is 0 Å². The average molecular weight is 246 g/mol. The molecular weight excluding hydrogens is 224 g/mol. The summed E-state index contributed by atoms with van der Waals surface area (Å²) in [5.41, 5.74) is 4.17. The van der Waals surface area contributed by atoms with Gasteiger partial charge in [-0.25, -0.2) is 0 Å². The number of rotatable bonds is 4. The summed E-state index contributed by atoms with van der Waals surface area (Å²) in [5.74, 6) is 1.20. The molecule has 0 N–H and O–H groups in total. The van der Waals surface area contributed by atoms with Gasteiger partial charge in [-0.2, -0.15) is 0 Å². The molecule has 2 rings (SSSR count). The van der Waals surface area contributed by atoms with Gasteiger partial charge in [0.2, 0.25) is 0 Å². The molecule has 0 saturated heterocycles. The lowest BCUT2D eigenvalue weighted by molar-refractivity contribution is -0.108. The zero-order chi connectivity index (χ0) is 13.0. The highest BCUT2D eigenvalue weighted by atomic mass is 16.5. The van der Waals surface area contributed by atoms with Crippen molar-refractivity contribution in [3.05, 3.63) is 28.8 Å². The van der Waals surface area contributed by atoms with Crippen molar-refractivity contribution in [3.8, 4) is 5.75 Å². The highest BCUT2D eigenvalue weighted by molar-refractivity contribution is 5.55. The van der Waals surface area contributed by atoms with E-state index in [0.717, 1.165) is 18.5 Å². The van der Waals surface area contributed by atoms with Crippen molar-refractivity contribution in [2.45, 2.75) is 51.4 Å². The van der Waals surface area contributed by atoms with E-state index in [0.29, 0.717) is 6.42 Å². The lowest BCUT2D eigenvalue weighted by Crippen LogP contribution is -2.06. The monoisotopic (exact) mass is 246 g/mol. The molecule has 0 amide bonds. The molecule has 1 atom stereocenters. The van der Waals surface area contributed by atoms with Crippen LogP contribution in [0.15, 0.2) is 12.1 Å². The maximum atomic E-state index is 10.8. The van der Waals surface area contributed by atoms with E-state index >= 15 is 0 Å². The largest absolute Gasteiger partial charge is 0.496 e. The third kappa shape index (κ3) is 2.58. The Morgan fingerprint density at radius 2 is 2.06 bits per heavy atom. The molecule has 0 aromatic heterocycles. The average Bonchev–Trinajstić information content (AvgIpc) is 2.62.